The van der Waals surface area contributed by atoms with Crippen LogP contribution in [0.1, 0.15) is 40.0 Å². The fourth-order valence-electron chi connectivity index (χ4n) is 2.40. The summed E-state index contributed by atoms with van der Waals surface area (Å²) in [5, 5.41) is 0. The Morgan fingerprint density at radius 1 is 1.44 bits per heavy atom. The Labute approximate surface area is 99.1 Å². The molecule has 0 aliphatic heterocycles. The maximum absolute atomic E-state index is 11.2. The third-order valence-corrected chi connectivity index (χ3v) is 3.53. The summed E-state index contributed by atoms with van der Waals surface area (Å²) < 4.78 is 5.15. The molecule has 2 atom stereocenters. The zero-order chi connectivity index (χ0) is 12.1. The predicted molar refractivity (Wildman–Crippen MR) is 65.5 cm³/mol. The molecule has 16 heavy (non-hydrogen) atoms. The standard InChI is InChI=1S/C13H25NO2/c1-10(9-11(2)15)14(7-8-16-4)12(3)13-5-6-13/h10,12-13H,5-9H2,1-4H3. The first-order chi connectivity index (χ1) is 7.56. The fraction of sp³-hybridized carbons (Fsp3) is 0.923. The van der Waals surface area contributed by atoms with E-state index in [4.69, 9.17) is 4.74 Å². The van der Waals surface area contributed by atoms with Crippen molar-refractivity contribution in [1.29, 1.82) is 0 Å². The second-order valence-electron chi connectivity index (χ2n) is 5.06. The lowest BCUT2D eigenvalue weighted by Gasteiger charge is -2.34. The minimum atomic E-state index is 0.276. The van der Waals surface area contributed by atoms with E-state index in [0.29, 0.717) is 18.5 Å². The molecule has 1 aliphatic carbocycles. The van der Waals surface area contributed by atoms with Crippen LogP contribution in [0.3, 0.4) is 0 Å². The summed E-state index contributed by atoms with van der Waals surface area (Å²) in [5.74, 6) is 1.11. The number of carbonyl (C=O) groups is 1. The van der Waals surface area contributed by atoms with Gasteiger partial charge in [-0.2, -0.15) is 0 Å². The van der Waals surface area contributed by atoms with Crippen molar-refractivity contribution in [1.82, 2.24) is 4.90 Å². The summed E-state index contributed by atoms with van der Waals surface area (Å²) in [6.07, 6.45) is 3.34. The molecule has 0 heterocycles. The molecule has 0 amide bonds. The van der Waals surface area contributed by atoms with Gasteiger partial charge in [-0.25, -0.2) is 0 Å². The van der Waals surface area contributed by atoms with Crippen molar-refractivity contribution in [3.05, 3.63) is 0 Å². The van der Waals surface area contributed by atoms with Crippen LogP contribution in [0.2, 0.25) is 0 Å². The molecular formula is C13H25NO2. The van der Waals surface area contributed by atoms with Crippen molar-refractivity contribution in [3.63, 3.8) is 0 Å². The van der Waals surface area contributed by atoms with E-state index in [1.807, 2.05) is 0 Å². The number of methoxy groups -OCH3 is 1. The molecule has 0 saturated heterocycles. The molecule has 0 aromatic rings. The van der Waals surface area contributed by atoms with E-state index in [2.05, 4.69) is 18.7 Å². The largest absolute Gasteiger partial charge is 0.383 e. The Morgan fingerprint density at radius 2 is 2.06 bits per heavy atom. The lowest BCUT2D eigenvalue weighted by Crippen LogP contribution is -2.44. The van der Waals surface area contributed by atoms with Crippen LogP contribution in [-0.4, -0.2) is 43.0 Å². The first-order valence-electron chi connectivity index (χ1n) is 6.30. The van der Waals surface area contributed by atoms with Gasteiger partial charge in [0.25, 0.3) is 0 Å². The molecule has 2 unspecified atom stereocenters. The number of hydrogen-bond acceptors (Lipinski definition) is 3. The first-order valence-corrected chi connectivity index (χ1v) is 6.30. The van der Waals surface area contributed by atoms with Crippen LogP contribution in [-0.2, 0) is 9.53 Å². The van der Waals surface area contributed by atoms with Gasteiger partial charge in [0.15, 0.2) is 0 Å². The van der Waals surface area contributed by atoms with E-state index in [-0.39, 0.29) is 5.78 Å². The zero-order valence-corrected chi connectivity index (χ0v) is 11.0. The number of rotatable bonds is 8. The van der Waals surface area contributed by atoms with Crippen molar-refractivity contribution in [2.45, 2.75) is 52.1 Å². The number of ether oxygens (including phenoxy) is 1. The van der Waals surface area contributed by atoms with Crippen LogP contribution in [0.5, 0.6) is 0 Å². The van der Waals surface area contributed by atoms with Gasteiger partial charge in [0.1, 0.15) is 5.78 Å². The monoisotopic (exact) mass is 227 g/mol. The van der Waals surface area contributed by atoms with Crippen molar-refractivity contribution < 1.29 is 9.53 Å². The van der Waals surface area contributed by atoms with Crippen molar-refractivity contribution in [3.8, 4) is 0 Å². The minimum absolute atomic E-state index is 0.276. The normalized spacial score (nSPS) is 19.8. The second-order valence-corrected chi connectivity index (χ2v) is 5.06. The van der Waals surface area contributed by atoms with Crippen LogP contribution in [0.15, 0.2) is 0 Å². The Hall–Kier alpha value is -0.410. The number of Topliss-reactive ketones (excluding diaryl/α,β-unsaturated/α-hetero) is 1. The molecule has 1 aliphatic rings. The van der Waals surface area contributed by atoms with Gasteiger partial charge in [-0.1, -0.05) is 0 Å². The first kappa shape index (κ1) is 13.7. The summed E-state index contributed by atoms with van der Waals surface area (Å²) in [6.45, 7) is 7.79. The molecule has 94 valence electrons. The van der Waals surface area contributed by atoms with Crippen LogP contribution in [0.4, 0.5) is 0 Å². The van der Waals surface area contributed by atoms with Crippen molar-refractivity contribution in [2.24, 2.45) is 5.92 Å². The Bertz CT molecular complexity index is 226. The van der Waals surface area contributed by atoms with Crippen molar-refractivity contribution in [2.75, 3.05) is 20.3 Å². The average molecular weight is 227 g/mol. The third kappa shape index (κ3) is 4.22. The van der Waals surface area contributed by atoms with E-state index < -0.39 is 0 Å². The maximum Gasteiger partial charge on any atom is 0.131 e. The number of nitrogens with zero attached hydrogens (tertiary/aromatic N) is 1. The van der Waals surface area contributed by atoms with E-state index >= 15 is 0 Å². The molecule has 0 aromatic carbocycles. The highest BCUT2D eigenvalue weighted by molar-refractivity contribution is 5.76. The summed E-state index contributed by atoms with van der Waals surface area (Å²) in [7, 11) is 1.73. The third-order valence-electron chi connectivity index (χ3n) is 3.53. The fourth-order valence-corrected chi connectivity index (χ4v) is 2.40. The summed E-state index contributed by atoms with van der Waals surface area (Å²) in [6, 6.07) is 0.924. The van der Waals surface area contributed by atoms with Crippen molar-refractivity contribution >= 4 is 5.78 Å². The quantitative estimate of drug-likeness (QED) is 0.636. The Kier molecular flexibility index (Phi) is 5.42. The van der Waals surface area contributed by atoms with Gasteiger partial charge in [0.2, 0.25) is 0 Å². The maximum atomic E-state index is 11.2. The molecule has 3 nitrogen and oxygen atoms in total. The van der Waals surface area contributed by atoms with E-state index in [1.165, 1.54) is 12.8 Å². The zero-order valence-electron chi connectivity index (χ0n) is 11.0. The van der Waals surface area contributed by atoms with E-state index in [1.54, 1.807) is 14.0 Å². The van der Waals surface area contributed by atoms with Crippen LogP contribution >= 0.6 is 0 Å². The van der Waals surface area contributed by atoms with Gasteiger partial charge in [-0.15, -0.1) is 0 Å². The number of carbonyl (C=O) groups excluding carboxylic acids is 1. The van der Waals surface area contributed by atoms with Gasteiger partial charge < -0.3 is 4.74 Å². The summed E-state index contributed by atoms with van der Waals surface area (Å²) in [4.78, 5) is 13.6. The highest BCUT2D eigenvalue weighted by Gasteiger charge is 2.33. The molecule has 0 N–H and O–H groups in total. The highest BCUT2D eigenvalue weighted by atomic mass is 16.5. The molecule has 0 spiro atoms. The molecule has 3 heteroatoms. The number of ketones is 1. The lowest BCUT2D eigenvalue weighted by molar-refractivity contribution is -0.118. The summed E-state index contributed by atoms with van der Waals surface area (Å²) in [5.41, 5.74) is 0. The van der Waals surface area contributed by atoms with Gasteiger partial charge in [0.05, 0.1) is 6.61 Å². The molecule has 0 radical (unpaired) electrons. The summed E-state index contributed by atoms with van der Waals surface area (Å²) >= 11 is 0. The molecule has 1 fully saturated rings. The van der Waals surface area contributed by atoms with Gasteiger partial charge in [-0.05, 0) is 39.5 Å². The predicted octanol–water partition coefficient (Wildman–Crippen LogP) is 2.10. The Balaban J connectivity index is 2.50. The smallest absolute Gasteiger partial charge is 0.131 e. The molecular weight excluding hydrogens is 202 g/mol. The topological polar surface area (TPSA) is 29.5 Å². The van der Waals surface area contributed by atoms with Crippen LogP contribution in [0.25, 0.3) is 0 Å². The Morgan fingerprint density at radius 3 is 2.50 bits per heavy atom. The molecule has 1 rings (SSSR count). The highest BCUT2D eigenvalue weighted by Crippen LogP contribution is 2.36. The SMILES string of the molecule is COCCN(C(C)CC(C)=O)C(C)C1CC1. The van der Waals surface area contributed by atoms with E-state index in [9.17, 15) is 4.79 Å². The molecule has 1 saturated carbocycles. The molecule has 0 bridgehead atoms. The minimum Gasteiger partial charge on any atom is -0.383 e. The van der Waals surface area contributed by atoms with Crippen LogP contribution in [0, 0.1) is 5.92 Å². The average Bonchev–Trinajstić information content (AvgIpc) is 2.99. The second kappa shape index (κ2) is 6.36. The van der Waals surface area contributed by atoms with Gasteiger partial charge >= 0.3 is 0 Å². The van der Waals surface area contributed by atoms with Gasteiger partial charge in [0, 0.05) is 32.2 Å². The van der Waals surface area contributed by atoms with Gasteiger partial charge in [-0.3, -0.25) is 9.69 Å². The number of hydrogen-bond donors (Lipinski definition) is 0. The van der Waals surface area contributed by atoms with Crippen LogP contribution < -0.4 is 0 Å². The molecule has 0 aromatic heterocycles. The van der Waals surface area contributed by atoms with E-state index in [0.717, 1.165) is 19.1 Å². The lowest BCUT2D eigenvalue weighted by atomic mass is 10.1.